The van der Waals surface area contributed by atoms with Crippen LogP contribution in [0.3, 0.4) is 0 Å². The third-order valence-corrected chi connectivity index (χ3v) is 5.19. The molecular formula is C18H17NO5S. The van der Waals surface area contributed by atoms with Gasteiger partial charge in [-0.15, -0.1) is 0 Å². The van der Waals surface area contributed by atoms with E-state index in [0.29, 0.717) is 11.3 Å². The van der Waals surface area contributed by atoms with Gasteiger partial charge >= 0.3 is 5.97 Å². The van der Waals surface area contributed by atoms with E-state index in [2.05, 4.69) is 5.32 Å². The van der Waals surface area contributed by atoms with E-state index in [0.717, 1.165) is 11.8 Å². The highest BCUT2D eigenvalue weighted by Crippen LogP contribution is 2.29. The van der Waals surface area contributed by atoms with Crippen LogP contribution in [0.1, 0.15) is 22.8 Å². The van der Waals surface area contributed by atoms with Gasteiger partial charge in [0.15, 0.2) is 15.4 Å². The van der Waals surface area contributed by atoms with Gasteiger partial charge in [0.05, 0.1) is 10.5 Å². The van der Waals surface area contributed by atoms with E-state index in [1.54, 1.807) is 30.3 Å². The van der Waals surface area contributed by atoms with Crippen LogP contribution in [-0.4, -0.2) is 32.2 Å². The molecule has 1 aliphatic heterocycles. The number of anilines is 1. The van der Waals surface area contributed by atoms with E-state index in [4.69, 9.17) is 4.74 Å². The predicted octanol–water partition coefficient (Wildman–Crippen LogP) is 2.20. The van der Waals surface area contributed by atoms with Crippen molar-refractivity contribution in [2.75, 3.05) is 11.6 Å². The number of rotatable bonds is 3. The van der Waals surface area contributed by atoms with Crippen LogP contribution >= 0.6 is 0 Å². The normalized spacial score (nSPS) is 19.7. The Morgan fingerprint density at radius 3 is 2.60 bits per heavy atom. The summed E-state index contributed by atoms with van der Waals surface area (Å²) in [5.41, 5.74) is 0.143. The second-order valence-corrected chi connectivity index (χ2v) is 8.22. The number of hydrogen-bond donors (Lipinski definition) is 1. The monoisotopic (exact) mass is 359 g/mol. The Kier molecular flexibility index (Phi) is 4.12. The third kappa shape index (κ3) is 3.41. The SMILES string of the molecule is C[C@]1(C(=O)Nc2cccc(S(C)(=O)=O)c2)Cc2ccccc2C(=O)O1. The number of nitrogens with one attached hydrogen (secondary N) is 1. The minimum absolute atomic E-state index is 0.0986. The zero-order chi connectivity index (χ0) is 18.2. The molecule has 130 valence electrons. The average molecular weight is 359 g/mol. The number of sulfone groups is 1. The maximum absolute atomic E-state index is 12.7. The molecule has 6 nitrogen and oxygen atoms in total. The van der Waals surface area contributed by atoms with Gasteiger partial charge in [0.25, 0.3) is 5.91 Å². The first-order chi connectivity index (χ1) is 11.7. The molecular weight excluding hydrogens is 342 g/mol. The lowest BCUT2D eigenvalue weighted by atomic mass is 9.89. The minimum atomic E-state index is -3.39. The highest BCUT2D eigenvalue weighted by molar-refractivity contribution is 7.90. The molecule has 2 aromatic rings. The summed E-state index contributed by atoms with van der Waals surface area (Å²) < 4.78 is 28.6. The fraction of sp³-hybridized carbons (Fsp3) is 0.222. The molecule has 2 aromatic carbocycles. The maximum atomic E-state index is 12.7. The Hall–Kier alpha value is -2.67. The number of carbonyl (C=O) groups is 2. The number of benzene rings is 2. The minimum Gasteiger partial charge on any atom is -0.445 e. The summed E-state index contributed by atoms with van der Waals surface area (Å²) >= 11 is 0. The molecule has 0 unspecified atom stereocenters. The quantitative estimate of drug-likeness (QED) is 0.849. The van der Waals surface area contributed by atoms with Gasteiger partial charge in [-0.2, -0.15) is 0 Å². The first-order valence-electron chi connectivity index (χ1n) is 7.62. The summed E-state index contributed by atoms with van der Waals surface area (Å²) in [7, 11) is -3.39. The molecule has 0 saturated heterocycles. The molecule has 3 rings (SSSR count). The number of carbonyl (C=O) groups excluding carboxylic acids is 2. The third-order valence-electron chi connectivity index (χ3n) is 4.08. The summed E-state index contributed by atoms with van der Waals surface area (Å²) in [6.07, 6.45) is 1.33. The molecule has 0 aromatic heterocycles. The molecule has 0 radical (unpaired) electrons. The van der Waals surface area contributed by atoms with E-state index in [1.807, 2.05) is 0 Å². The molecule has 1 heterocycles. The number of hydrogen-bond acceptors (Lipinski definition) is 5. The van der Waals surface area contributed by atoms with E-state index in [-0.39, 0.29) is 11.3 Å². The van der Waals surface area contributed by atoms with Gasteiger partial charge in [0, 0.05) is 18.4 Å². The average Bonchev–Trinajstić information content (AvgIpc) is 2.54. The van der Waals surface area contributed by atoms with Crippen molar-refractivity contribution in [3.63, 3.8) is 0 Å². The van der Waals surface area contributed by atoms with Crippen LogP contribution in [0.2, 0.25) is 0 Å². The zero-order valence-electron chi connectivity index (χ0n) is 13.8. The summed E-state index contributed by atoms with van der Waals surface area (Å²) in [6, 6.07) is 12.9. The zero-order valence-corrected chi connectivity index (χ0v) is 14.6. The van der Waals surface area contributed by atoms with Gasteiger partial charge in [-0.1, -0.05) is 24.3 Å². The highest BCUT2D eigenvalue weighted by atomic mass is 32.2. The first-order valence-corrected chi connectivity index (χ1v) is 9.51. The van der Waals surface area contributed by atoms with Crippen molar-refractivity contribution in [1.82, 2.24) is 0 Å². The van der Waals surface area contributed by atoms with Crippen LogP contribution in [0.15, 0.2) is 53.4 Å². The van der Waals surface area contributed by atoms with Crippen LogP contribution in [0, 0.1) is 0 Å². The lowest BCUT2D eigenvalue weighted by Gasteiger charge is -2.33. The number of cyclic esters (lactones) is 1. The Morgan fingerprint density at radius 1 is 1.16 bits per heavy atom. The van der Waals surface area contributed by atoms with Gasteiger partial charge in [0.2, 0.25) is 0 Å². The number of ether oxygens (including phenoxy) is 1. The van der Waals surface area contributed by atoms with Crippen molar-refractivity contribution in [3.8, 4) is 0 Å². The van der Waals surface area contributed by atoms with Gasteiger partial charge in [-0.25, -0.2) is 13.2 Å². The molecule has 0 fully saturated rings. The number of amides is 1. The Labute approximate surface area is 145 Å². The molecule has 0 bridgehead atoms. The lowest BCUT2D eigenvalue weighted by molar-refractivity contribution is -0.134. The topological polar surface area (TPSA) is 89.5 Å². The van der Waals surface area contributed by atoms with Crippen molar-refractivity contribution in [3.05, 3.63) is 59.7 Å². The molecule has 1 amide bonds. The van der Waals surface area contributed by atoms with Crippen molar-refractivity contribution in [2.24, 2.45) is 0 Å². The van der Waals surface area contributed by atoms with Crippen LogP contribution in [0.25, 0.3) is 0 Å². The van der Waals surface area contributed by atoms with Crippen molar-refractivity contribution in [2.45, 2.75) is 23.8 Å². The standard InChI is InChI=1S/C18H17NO5S/c1-18(11-12-6-3-4-9-15(12)16(20)24-18)17(21)19-13-7-5-8-14(10-13)25(2,22)23/h3-10H,11H2,1-2H3,(H,19,21)/t18-/m1/s1. The molecule has 1 atom stereocenters. The summed E-state index contributed by atoms with van der Waals surface area (Å²) in [5, 5.41) is 2.64. The van der Waals surface area contributed by atoms with E-state index >= 15 is 0 Å². The highest BCUT2D eigenvalue weighted by Gasteiger charge is 2.42. The smallest absolute Gasteiger partial charge is 0.339 e. The van der Waals surface area contributed by atoms with Crippen molar-refractivity contribution >= 4 is 27.4 Å². The van der Waals surface area contributed by atoms with E-state index in [1.165, 1.54) is 25.1 Å². The van der Waals surface area contributed by atoms with Crippen LogP contribution in [-0.2, 0) is 25.8 Å². The van der Waals surface area contributed by atoms with Gasteiger partial charge in [-0.05, 0) is 36.8 Å². The number of fused-ring (bicyclic) bond motifs is 1. The van der Waals surface area contributed by atoms with Crippen molar-refractivity contribution < 1.29 is 22.7 Å². The molecule has 25 heavy (non-hydrogen) atoms. The molecule has 1 aliphatic rings. The molecule has 7 heteroatoms. The molecule has 0 spiro atoms. The van der Waals surface area contributed by atoms with E-state index in [9.17, 15) is 18.0 Å². The molecule has 0 aliphatic carbocycles. The van der Waals surface area contributed by atoms with Crippen LogP contribution in [0.5, 0.6) is 0 Å². The van der Waals surface area contributed by atoms with Crippen molar-refractivity contribution in [1.29, 1.82) is 0 Å². The first kappa shape index (κ1) is 17.2. The fourth-order valence-electron chi connectivity index (χ4n) is 2.73. The van der Waals surface area contributed by atoms with E-state index < -0.39 is 27.3 Å². The second-order valence-electron chi connectivity index (χ2n) is 6.21. The maximum Gasteiger partial charge on any atom is 0.339 e. The van der Waals surface area contributed by atoms with Gasteiger partial charge < -0.3 is 10.1 Å². The molecule has 1 N–H and O–H groups in total. The fourth-order valence-corrected chi connectivity index (χ4v) is 3.39. The lowest BCUT2D eigenvalue weighted by Crippen LogP contribution is -2.48. The van der Waals surface area contributed by atoms with Crippen LogP contribution in [0.4, 0.5) is 5.69 Å². The van der Waals surface area contributed by atoms with Gasteiger partial charge in [-0.3, -0.25) is 4.79 Å². The largest absolute Gasteiger partial charge is 0.445 e. The Morgan fingerprint density at radius 2 is 1.88 bits per heavy atom. The molecule has 0 saturated carbocycles. The summed E-state index contributed by atoms with van der Waals surface area (Å²) in [5.74, 6) is -1.06. The second kappa shape index (κ2) is 6.00. The summed E-state index contributed by atoms with van der Waals surface area (Å²) in [6.45, 7) is 1.54. The number of esters is 1. The van der Waals surface area contributed by atoms with Gasteiger partial charge in [0.1, 0.15) is 0 Å². The summed E-state index contributed by atoms with van der Waals surface area (Å²) in [4.78, 5) is 24.9. The Bertz CT molecular complexity index is 967. The predicted molar refractivity (Wildman–Crippen MR) is 92.1 cm³/mol. The van der Waals surface area contributed by atoms with Crippen LogP contribution < -0.4 is 5.32 Å². The Balaban J connectivity index is 1.86.